The highest BCUT2D eigenvalue weighted by Crippen LogP contribution is 2.07. The summed E-state index contributed by atoms with van der Waals surface area (Å²) in [6, 6.07) is 2.38. The lowest BCUT2D eigenvalue weighted by atomic mass is 10.3. The van der Waals surface area contributed by atoms with Gasteiger partial charge in [0.15, 0.2) is 5.29 Å². The molecule has 2 amide bonds. The fourth-order valence-electron chi connectivity index (χ4n) is 1.10. The first-order chi connectivity index (χ1) is 8.12. The van der Waals surface area contributed by atoms with Crippen LogP contribution in [0.25, 0.3) is 0 Å². The van der Waals surface area contributed by atoms with Crippen molar-refractivity contribution in [2.75, 3.05) is 12.4 Å². The van der Waals surface area contributed by atoms with Gasteiger partial charge in [-0.25, -0.2) is 4.79 Å². The molecule has 1 rings (SSSR count). The number of rotatable bonds is 5. The van der Waals surface area contributed by atoms with Gasteiger partial charge in [0.1, 0.15) is 6.54 Å². The lowest BCUT2D eigenvalue weighted by Gasteiger charge is -2.27. The second-order valence-corrected chi connectivity index (χ2v) is 3.59. The smallest absolute Gasteiger partial charge is 0.446 e. The summed E-state index contributed by atoms with van der Waals surface area (Å²) in [4.78, 5) is 25.6. The minimum atomic E-state index is -1.87. The highest BCUT2D eigenvalue weighted by atomic mass is 35.5. The summed E-state index contributed by atoms with van der Waals surface area (Å²) in [5.74, 6) is -0.129. The average Bonchev–Trinajstić information content (AvgIpc) is 2.37. The Balaban J connectivity index is 2.57. The molecular weight excluding hydrogens is 248 g/mol. The van der Waals surface area contributed by atoms with Gasteiger partial charge in [0.05, 0.1) is 5.88 Å². The number of amides is 2. The maximum absolute atomic E-state index is 11.5. The van der Waals surface area contributed by atoms with Gasteiger partial charge < -0.3 is 5.21 Å². The lowest BCUT2D eigenvalue weighted by Crippen LogP contribution is -2.49. The third kappa shape index (κ3) is 3.74. The van der Waals surface area contributed by atoms with Crippen LogP contribution in [0.3, 0.4) is 0 Å². The van der Waals surface area contributed by atoms with Crippen molar-refractivity contribution in [1.29, 1.82) is 0 Å². The average molecular weight is 259 g/mol. The van der Waals surface area contributed by atoms with Crippen LogP contribution >= 0.6 is 11.6 Å². The summed E-state index contributed by atoms with van der Waals surface area (Å²) in [7, 11) is 0. The molecule has 1 N–H and O–H groups in total. The zero-order chi connectivity index (χ0) is 12.7. The first-order valence-electron chi connectivity index (χ1n) is 4.79. The van der Waals surface area contributed by atoms with Gasteiger partial charge in [0.25, 0.3) is 0 Å². The highest BCUT2D eigenvalue weighted by Gasteiger charge is 2.29. The maximum Gasteiger partial charge on any atom is 0.446 e. The molecule has 7 nitrogen and oxygen atoms in total. The number of carbonyl (C=O) groups is 1. The van der Waals surface area contributed by atoms with Crippen LogP contribution in [0.4, 0.5) is 4.79 Å². The molecule has 0 aliphatic heterocycles. The molecule has 1 heterocycles. The Kier molecular flexibility index (Phi) is 4.95. The zero-order valence-corrected chi connectivity index (χ0v) is 9.63. The van der Waals surface area contributed by atoms with Crippen LogP contribution in [0.5, 0.6) is 0 Å². The normalized spacial score (nSPS) is 13.8. The Morgan fingerprint density at radius 1 is 1.65 bits per heavy atom. The molecule has 0 aromatic carbocycles. The van der Waals surface area contributed by atoms with Crippen LogP contribution < -0.4 is 5.32 Å². The predicted octanol–water partition coefficient (Wildman–Crippen LogP) is 1.53. The molecule has 1 aromatic heterocycles. The molecule has 1 unspecified atom stereocenters. The van der Waals surface area contributed by atoms with Crippen molar-refractivity contribution < 1.29 is 9.55 Å². The number of nitroso groups, excluding NO2 is 1. The number of halogens is 1. The van der Waals surface area contributed by atoms with Crippen molar-refractivity contribution in [2.24, 2.45) is 5.29 Å². The number of aromatic nitrogens is 1. The van der Waals surface area contributed by atoms with Crippen LogP contribution in [0.2, 0.25) is 0 Å². The van der Waals surface area contributed by atoms with Gasteiger partial charge >= 0.3 is 6.03 Å². The number of alkyl halides is 1. The molecule has 1 atom stereocenters. The highest BCUT2D eigenvalue weighted by molar-refractivity contribution is 6.18. The van der Waals surface area contributed by atoms with Crippen molar-refractivity contribution in [3.63, 3.8) is 0 Å². The van der Waals surface area contributed by atoms with Gasteiger partial charge in [-0.3, -0.25) is 10.3 Å². The van der Waals surface area contributed by atoms with E-state index in [-0.39, 0.29) is 12.4 Å². The minimum Gasteiger partial charge on any atom is -0.593 e. The van der Waals surface area contributed by atoms with Crippen molar-refractivity contribution in [3.05, 3.63) is 40.2 Å². The third-order valence-electron chi connectivity index (χ3n) is 2.00. The van der Waals surface area contributed by atoms with Gasteiger partial charge in [0, 0.05) is 18.9 Å². The Morgan fingerprint density at radius 2 is 2.41 bits per heavy atom. The molecule has 0 fully saturated rings. The van der Waals surface area contributed by atoms with Gasteiger partial charge in [-0.1, -0.05) is 11.0 Å². The maximum atomic E-state index is 11.5. The molecule has 0 aliphatic carbocycles. The van der Waals surface area contributed by atoms with Crippen LogP contribution in [0, 0.1) is 10.1 Å². The van der Waals surface area contributed by atoms with E-state index < -0.39 is 17.3 Å². The topological polar surface area (TPSA) is 94.5 Å². The zero-order valence-electron chi connectivity index (χ0n) is 8.88. The van der Waals surface area contributed by atoms with Crippen molar-refractivity contribution >= 4 is 17.6 Å². The van der Waals surface area contributed by atoms with Crippen LogP contribution in [0.1, 0.15) is 5.56 Å². The third-order valence-corrected chi connectivity index (χ3v) is 2.17. The van der Waals surface area contributed by atoms with Crippen molar-refractivity contribution in [3.8, 4) is 0 Å². The van der Waals surface area contributed by atoms with E-state index in [2.05, 4.69) is 15.6 Å². The molecule has 0 spiro atoms. The Bertz CT molecular complexity index is 389. The van der Waals surface area contributed by atoms with Crippen molar-refractivity contribution in [1.82, 2.24) is 10.3 Å². The van der Waals surface area contributed by atoms with E-state index in [4.69, 9.17) is 11.6 Å². The summed E-state index contributed by atoms with van der Waals surface area (Å²) in [6.07, 6.45) is 3.12. The number of urea groups is 1. The second-order valence-electron chi connectivity index (χ2n) is 3.22. The van der Waals surface area contributed by atoms with Crippen molar-refractivity contribution in [2.45, 2.75) is 6.54 Å². The van der Waals surface area contributed by atoms with E-state index in [1.54, 1.807) is 18.3 Å². The Morgan fingerprint density at radius 3 is 2.94 bits per heavy atom. The molecule has 92 valence electrons. The molecular formula is C9H11ClN4O3. The number of nitrogens with zero attached hydrogens (tertiary/aromatic N) is 3. The summed E-state index contributed by atoms with van der Waals surface area (Å²) in [6.45, 7) is -0.295. The standard InChI is InChI=1S/C9H11ClN4O3/c10-3-5-14(17,13-16)9(15)12-7-8-2-1-4-11-6-8/h1-2,4,6H,3,5,7H2,(H,12,15). The number of quaternary nitrogens is 1. The van der Waals surface area contributed by atoms with E-state index >= 15 is 0 Å². The number of hydrogen-bond acceptors (Lipinski definition) is 5. The molecule has 1 aromatic rings. The quantitative estimate of drug-likeness (QED) is 0.375. The predicted molar refractivity (Wildman–Crippen MR) is 61.5 cm³/mol. The van der Waals surface area contributed by atoms with E-state index in [9.17, 15) is 14.9 Å². The number of nitrogens with one attached hydrogen (secondary N) is 1. The summed E-state index contributed by atoms with van der Waals surface area (Å²) in [5.41, 5.74) is 0.712. The van der Waals surface area contributed by atoms with Gasteiger partial charge in [-0.2, -0.15) is 0 Å². The molecule has 17 heavy (non-hydrogen) atoms. The molecule has 0 aliphatic rings. The first-order valence-corrected chi connectivity index (χ1v) is 5.33. The summed E-state index contributed by atoms with van der Waals surface area (Å²) >= 11 is 5.32. The van der Waals surface area contributed by atoms with Gasteiger partial charge in [0.2, 0.25) is 0 Å². The van der Waals surface area contributed by atoms with Crippen LogP contribution in [-0.2, 0) is 6.54 Å². The second kappa shape index (κ2) is 6.24. The Hall–Kier alpha value is -1.57. The SMILES string of the molecule is O=N[N+]([O-])(CCCl)C(=O)NCc1cccnc1. The number of hydroxylamine groups is 2. The van der Waals surface area contributed by atoms with Crippen LogP contribution in [0.15, 0.2) is 29.8 Å². The number of hydrogen-bond donors (Lipinski definition) is 1. The number of carbonyl (C=O) groups excluding carboxylic acids is 1. The van der Waals surface area contributed by atoms with E-state index in [1.165, 1.54) is 6.20 Å². The first kappa shape index (κ1) is 13.5. The van der Waals surface area contributed by atoms with E-state index in [1.807, 2.05) is 0 Å². The Labute approximate surface area is 103 Å². The molecule has 0 radical (unpaired) electrons. The fraction of sp³-hybridized carbons (Fsp3) is 0.333. The van der Waals surface area contributed by atoms with Gasteiger partial charge in [-0.15, -0.1) is 16.4 Å². The summed E-state index contributed by atoms with van der Waals surface area (Å²) in [5, 5.41) is 16.1. The molecule has 0 bridgehead atoms. The fourth-order valence-corrected chi connectivity index (χ4v) is 1.33. The monoisotopic (exact) mass is 258 g/mol. The van der Waals surface area contributed by atoms with E-state index in [0.29, 0.717) is 5.56 Å². The molecule has 0 saturated heterocycles. The largest absolute Gasteiger partial charge is 0.593 e. The lowest BCUT2D eigenvalue weighted by molar-refractivity contribution is -0.805. The minimum absolute atomic E-state index is 0.104. The molecule has 8 heteroatoms. The molecule has 0 saturated carbocycles. The summed E-state index contributed by atoms with van der Waals surface area (Å²) < 4.78 is -1.87. The van der Waals surface area contributed by atoms with Crippen LogP contribution in [-0.4, -0.2) is 28.2 Å². The van der Waals surface area contributed by atoms with Gasteiger partial charge in [-0.05, 0) is 11.6 Å². The number of pyridine rings is 1. The van der Waals surface area contributed by atoms with E-state index in [0.717, 1.165) is 0 Å².